The Morgan fingerprint density at radius 2 is 2.18 bits per heavy atom. The van der Waals surface area contributed by atoms with E-state index in [2.05, 4.69) is 16.1 Å². The third-order valence-corrected chi connectivity index (χ3v) is 3.09. The van der Waals surface area contributed by atoms with Gasteiger partial charge in [0.15, 0.2) is 5.82 Å². The molecule has 2 heterocycles. The van der Waals surface area contributed by atoms with Crippen molar-refractivity contribution in [1.82, 2.24) is 14.8 Å². The molecule has 1 aliphatic rings. The van der Waals surface area contributed by atoms with E-state index >= 15 is 0 Å². The lowest BCUT2D eigenvalue weighted by atomic mass is 10.2. The predicted molar refractivity (Wildman–Crippen MR) is 64.0 cm³/mol. The highest BCUT2D eigenvalue weighted by Crippen LogP contribution is 2.38. The molecule has 0 amide bonds. The molecule has 17 heavy (non-hydrogen) atoms. The summed E-state index contributed by atoms with van der Waals surface area (Å²) in [6, 6.07) is 5.82. The fraction of sp³-hybridized carbons (Fsp3) is 0.385. The zero-order valence-corrected chi connectivity index (χ0v) is 9.74. The number of aliphatic hydroxyl groups excluding tert-OH is 1. The van der Waals surface area contributed by atoms with Gasteiger partial charge >= 0.3 is 0 Å². The number of rotatable bonds is 3. The molecule has 0 aliphatic heterocycles. The van der Waals surface area contributed by atoms with Gasteiger partial charge in [-0.25, -0.2) is 9.67 Å². The van der Waals surface area contributed by atoms with Crippen LogP contribution in [0.4, 0.5) is 0 Å². The normalized spacial score (nSPS) is 17.1. The van der Waals surface area contributed by atoms with Crippen molar-refractivity contribution in [3.05, 3.63) is 41.9 Å². The van der Waals surface area contributed by atoms with Crippen LogP contribution in [0, 0.1) is 0 Å². The van der Waals surface area contributed by atoms with Gasteiger partial charge in [0.25, 0.3) is 0 Å². The molecule has 1 fully saturated rings. The van der Waals surface area contributed by atoms with Crippen molar-refractivity contribution in [3.63, 3.8) is 0 Å². The molecule has 1 saturated carbocycles. The fourth-order valence-corrected chi connectivity index (χ4v) is 1.84. The van der Waals surface area contributed by atoms with Crippen LogP contribution in [-0.4, -0.2) is 19.9 Å². The highest BCUT2D eigenvalue weighted by atomic mass is 16.3. The van der Waals surface area contributed by atoms with E-state index in [1.165, 1.54) is 12.8 Å². The number of hydrogen-bond acceptors (Lipinski definition) is 3. The molecular formula is C13H15N3O. The Morgan fingerprint density at radius 3 is 2.76 bits per heavy atom. The Labute approximate surface area is 99.9 Å². The van der Waals surface area contributed by atoms with Crippen LogP contribution in [0.1, 0.15) is 43.0 Å². The maximum Gasteiger partial charge on any atom is 0.153 e. The van der Waals surface area contributed by atoms with Crippen LogP contribution in [0.5, 0.6) is 0 Å². The average Bonchev–Trinajstić information content (AvgIpc) is 3.07. The van der Waals surface area contributed by atoms with E-state index < -0.39 is 6.10 Å². The van der Waals surface area contributed by atoms with Gasteiger partial charge in [-0.1, -0.05) is 6.07 Å². The monoisotopic (exact) mass is 229 g/mol. The Balaban J connectivity index is 1.86. The molecule has 1 atom stereocenters. The van der Waals surface area contributed by atoms with Crippen LogP contribution in [0.2, 0.25) is 0 Å². The van der Waals surface area contributed by atoms with Crippen molar-refractivity contribution in [2.24, 2.45) is 0 Å². The summed E-state index contributed by atoms with van der Waals surface area (Å²) in [6.07, 6.45) is 5.67. The van der Waals surface area contributed by atoms with Crippen LogP contribution in [0.3, 0.4) is 0 Å². The lowest BCUT2D eigenvalue weighted by molar-refractivity contribution is 0.199. The summed E-state index contributed by atoms with van der Waals surface area (Å²) >= 11 is 0. The third-order valence-electron chi connectivity index (χ3n) is 3.09. The molecule has 3 rings (SSSR count). The molecule has 0 spiro atoms. The molecule has 4 nitrogen and oxygen atoms in total. The first-order chi connectivity index (χ1) is 8.24. The standard InChI is InChI=1S/C13H15N3O/c1-9(17)11-4-5-13(14-8-11)16-7-6-12(15-16)10-2-3-10/h4-10,17H,2-3H2,1H3/t9-/m1/s1. The van der Waals surface area contributed by atoms with Crippen LogP contribution >= 0.6 is 0 Å². The molecule has 88 valence electrons. The van der Waals surface area contributed by atoms with Gasteiger partial charge in [0.2, 0.25) is 0 Å². The minimum Gasteiger partial charge on any atom is -0.389 e. The maximum absolute atomic E-state index is 9.41. The maximum atomic E-state index is 9.41. The fourth-order valence-electron chi connectivity index (χ4n) is 1.84. The highest BCUT2D eigenvalue weighted by molar-refractivity contribution is 5.27. The first-order valence-electron chi connectivity index (χ1n) is 5.94. The summed E-state index contributed by atoms with van der Waals surface area (Å²) in [5.41, 5.74) is 1.98. The van der Waals surface area contributed by atoms with Crippen molar-refractivity contribution in [2.45, 2.75) is 31.8 Å². The number of nitrogens with zero attached hydrogens (tertiary/aromatic N) is 3. The topological polar surface area (TPSA) is 50.9 Å². The number of hydrogen-bond donors (Lipinski definition) is 1. The van der Waals surface area contributed by atoms with Gasteiger partial charge in [0.1, 0.15) is 0 Å². The zero-order chi connectivity index (χ0) is 11.8. The smallest absolute Gasteiger partial charge is 0.153 e. The first-order valence-corrected chi connectivity index (χ1v) is 5.94. The van der Waals surface area contributed by atoms with Crippen molar-refractivity contribution < 1.29 is 5.11 Å². The quantitative estimate of drug-likeness (QED) is 0.877. The second-order valence-electron chi connectivity index (χ2n) is 4.59. The minimum atomic E-state index is -0.476. The lowest BCUT2D eigenvalue weighted by Gasteiger charge is -2.05. The largest absolute Gasteiger partial charge is 0.389 e. The first kappa shape index (κ1) is 10.5. The molecule has 1 N–H and O–H groups in total. The molecular weight excluding hydrogens is 214 g/mol. The van der Waals surface area contributed by atoms with Crippen molar-refractivity contribution in [1.29, 1.82) is 0 Å². The third kappa shape index (κ3) is 2.08. The Hall–Kier alpha value is -1.68. The van der Waals surface area contributed by atoms with Crippen molar-refractivity contribution >= 4 is 0 Å². The van der Waals surface area contributed by atoms with Gasteiger partial charge in [-0.2, -0.15) is 5.10 Å². The Morgan fingerprint density at radius 1 is 1.35 bits per heavy atom. The SMILES string of the molecule is C[C@@H](O)c1ccc(-n2ccc(C3CC3)n2)nc1. The van der Waals surface area contributed by atoms with Gasteiger partial charge < -0.3 is 5.11 Å². The second-order valence-corrected chi connectivity index (χ2v) is 4.59. The van der Waals surface area contributed by atoms with Crippen molar-refractivity contribution in [3.8, 4) is 5.82 Å². The summed E-state index contributed by atoms with van der Waals surface area (Å²) in [7, 11) is 0. The molecule has 4 heteroatoms. The van der Waals surface area contributed by atoms with Gasteiger partial charge in [-0.15, -0.1) is 0 Å². The van der Waals surface area contributed by atoms with E-state index in [-0.39, 0.29) is 0 Å². The summed E-state index contributed by atoms with van der Waals surface area (Å²) in [6.45, 7) is 1.73. The summed E-state index contributed by atoms with van der Waals surface area (Å²) in [5.74, 6) is 1.45. The zero-order valence-electron chi connectivity index (χ0n) is 9.74. The minimum absolute atomic E-state index is 0.476. The van der Waals surface area contributed by atoms with Crippen LogP contribution < -0.4 is 0 Å². The molecule has 0 saturated heterocycles. The predicted octanol–water partition coefficient (Wildman–Crippen LogP) is 2.20. The van der Waals surface area contributed by atoms with Crippen molar-refractivity contribution in [2.75, 3.05) is 0 Å². The molecule has 2 aromatic heterocycles. The molecule has 0 aromatic carbocycles. The molecule has 0 radical (unpaired) electrons. The number of aliphatic hydroxyl groups is 1. The Kier molecular flexibility index (Phi) is 2.44. The van der Waals surface area contributed by atoms with E-state index in [4.69, 9.17) is 0 Å². The highest BCUT2D eigenvalue weighted by Gasteiger charge is 2.25. The van der Waals surface area contributed by atoms with E-state index in [1.54, 1.807) is 17.8 Å². The van der Waals surface area contributed by atoms with Gasteiger partial charge in [-0.05, 0) is 37.5 Å². The molecule has 0 unspecified atom stereocenters. The molecule has 0 bridgehead atoms. The molecule has 2 aromatic rings. The van der Waals surface area contributed by atoms with Crippen LogP contribution in [0.25, 0.3) is 5.82 Å². The van der Waals surface area contributed by atoms with E-state index in [0.29, 0.717) is 5.92 Å². The van der Waals surface area contributed by atoms with E-state index in [1.807, 2.05) is 18.3 Å². The van der Waals surface area contributed by atoms with E-state index in [0.717, 1.165) is 17.1 Å². The summed E-state index contributed by atoms with van der Waals surface area (Å²) < 4.78 is 1.79. The Bertz CT molecular complexity index is 512. The molecule has 1 aliphatic carbocycles. The van der Waals surface area contributed by atoms with E-state index in [9.17, 15) is 5.11 Å². The summed E-state index contributed by atoms with van der Waals surface area (Å²) in [4.78, 5) is 4.30. The number of aromatic nitrogens is 3. The second kappa shape index (κ2) is 3.96. The summed E-state index contributed by atoms with van der Waals surface area (Å²) in [5, 5.41) is 13.9. The van der Waals surface area contributed by atoms with Gasteiger partial charge in [-0.3, -0.25) is 0 Å². The van der Waals surface area contributed by atoms with Crippen LogP contribution in [-0.2, 0) is 0 Å². The average molecular weight is 229 g/mol. The van der Waals surface area contributed by atoms with Gasteiger partial charge in [0, 0.05) is 18.3 Å². The van der Waals surface area contributed by atoms with Gasteiger partial charge in [0.05, 0.1) is 11.8 Å². The van der Waals surface area contributed by atoms with Crippen LogP contribution in [0.15, 0.2) is 30.6 Å². The number of pyridine rings is 1. The lowest BCUT2D eigenvalue weighted by Crippen LogP contribution is -2.00.